The average molecular weight is 293 g/mol. The van der Waals surface area contributed by atoms with Gasteiger partial charge in [-0.15, -0.1) is 11.8 Å². The summed E-state index contributed by atoms with van der Waals surface area (Å²) in [6.45, 7) is 0. The van der Waals surface area contributed by atoms with Crippen LogP contribution in [0.1, 0.15) is 40.1 Å². The van der Waals surface area contributed by atoms with Crippen molar-refractivity contribution < 1.29 is 14.4 Å². The lowest BCUT2D eigenvalue weighted by Gasteiger charge is -2.10. The molecule has 1 aromatic rings. The molecule has 0 spiro atoms. The molecule has 0 saturated carbocycles. The van der Waals surface area contributed by atoms with Crippen LogP contribution in [-0.4, -0.2) is 40.5 Å². The summed E-state index contributed by atoms with van der Waals surface area (Å²) in [5.74, 6) is 0.338. The van der Waals surface area contributed by atoms with E-state index in [0.29, 0.717) is 22.6 Å². The van der Waals surface area contributed by atoms with E-state index in [1.165, 1.54) is 24.0 Å². The van der Waals surface area contributed by atoms with Crippen molar-refractivity contribution in [1.29, 1.82) is 0 Å². The monoisotopic (exact) mass is 293 g/mol. The van der Waals surface area contributed by atoms with Gasteiger partial charge < -0.3 is 5.32 Å². The molecule has 1 aliphatic carbocycles. The number of hydrogen-bond acceptors (Lipinski definition) is 5. The van der Waals surface area contributed by atoms with E-state index >= 15 is 0 Å². The number of amides is 1. The number of Topliss-reactive ketones (excluding diaryl/α,β-unsaturated/α-hetero) is 1. The minimum absolute atomic E-state index is 0.0150. The Hall–Kier alpha value is -1.89. The molecule has 0 bridgehead atoms. The van der Waals surface area contributed by atoms with Crippen LogP contribution in [0.2, 0.25) is 0 Å². The Bertz CT molecular complexity index is 577. The third-order valence-corrected chi connectivity index (χ3v) is 4.06. The highest BCUT2D eigenvalue weighted by molar-refractivity contribution is 8.04. The number of fused-ring (bicyclic) bond motifs is 1. The summed E-state index contributed by atoms with van der Waals surface area (Å²) in [6, 6.07) is 0. The van der Waals surface area contributed by atoms with E-state index in [4.69, 9.17) is 0 Å². The number of H-pyrrole nitrogens is 1. The van der Waals surface area contributed by atoms with Gasteiger partial charge in [0.25, 0.3) is 0 Å². The molecule has 6 nitrogen and oxygen atoms in total. The second-order valence-electron chi connectivity index (χ2n) is 4.34. The van der Waals surface area contributed by atoms with Crippen molar-refractivity contribution in [1.82, 2.24) is 15.5 Å². The van der Waals surface area contributed by atoms with E-state index in [1.54, 1.807) is 7.05 Å². The quantitative estimate of drug-likeness (QED) is 0.772. The summed E-state index contributed by atoms with van der Waals surface area (Å²) in [7, 11) is 1.61. The van der Waals surface area contributed by atoms with Gasteiger partial charge in [0.1, 0.15) is 5.69 Å². The lowest BCUT2D eigenvalue weighted by atomic mass is 10.0. The van der Waals surface area contributed by atoms with Crippen molar-refractivity contribution >= 4 is 29.2 Å². The molecule has 1 aromatic heterocycles. The maximum absolute atomic E-state index is 12.1. The lowest BCUT2D eigenvalue weighted by Crippen LogP contribution is -2.17. The standard InChI is InChI=1S/C13H15N3O3S/c1-14-11(18)4-2-3-5-20-10-6-9(17)12-8(13(10)19)7-15-16-12/h6-7H,2-5H2,1H3,(H,14,18)(H,15,16). The topological polar surface area (TPSA) is 91.9 Å². The predicted molar refractivity (Wildman–Crippen MR) is 75.7 cm³/mol. The Morgan fingerprint density at radius 2 is 2.20 bits per heavy atom. The van der Waals surface area contributed by atoms with Crippen molar-refractivity contribution in [2.24, 2.45) is 0 Å². The van der Waals surface area contributed by atoms with Gasteiger partial charge in [-0.1, -0.05) is 0 Å². The van der Waals surface area contributed by atoms with Gasteiger partial charge >= 0.3 is 0 Å². The molecule has 0 unspecified atom stereocenters. The molecule has 1 aliphatic rings. The van der Waals surface area contributed by atoms with E-state index < -0.39 is 0 Å². The van der Waals surface area contributed by atoms with Crippen molar-refractivity contribution in [2.45, 2.75) is 19.3 Å². The van der Waals surface area contributed by atoms with Gasteiger partial charge in [-0.05, 0) is 18.6 Å². The van der Waals surface area contributed by atoms with Gasteiger partial charge in [0.15, 0.2) is 0 Å². The molecule has 0 atom stereocenters. The largest absolute Gasteiger partial charge is 0.359 e. The van der Waals surface area contributed by atoms with Crippen LogP contribution in [0.3, 0.4) is 0 Å². The Kier molecular flexibility index (Phi) is 4.73. The molecular formula is C13H15N3O3S. The summed E-state index contributed by atoms with van der Waals surface area (Å²) in [6.07, 6.45) is 4.80. The summed E-state index contributed by atoms with van der Waals surface area (Å²) in [5, 5.41) is 8.82. The van der Waals surface area contributed by atoms with Gasteiger partial charge in [0, 0.05) is 19.5 Å². The first-order valence-corrected chi connectivity index (χ1v) is 7.29. The van der Waals surface area contributed by atoms with Crippen molar-refractivity contribution in [2.75, 3.05) is 12.8 Å². The Morgan fingerprint density at radius 1 is 1.40 bits per heavy atom. The smallest absolute Gasteiger partial charge is 0.219 e. The van der Waals surface area contributed by atoms with Crippen LogP contribution in [0.5, 0.6) is 0 Å². The van der Waals surface area contributed by atoms with E-state index in [1.807, 2.05) is 0 Å². The Balaban J connectivity index is 1.84. The maximum atomic E-state index is 12.1. The van der Waals surface area contributed by atoms with Crippen LogP contribution in [-0.2, 0) is 4.79 Å². The first-order chi connectivity index (χ1) is 9.63. The highest BCUT2D eigenvalue weighted by atomic mass is 32.2. The number of nitrogens with zero attached hydrogens (tertiary/aromatic N) is 1. The predicted octanol–water partition coefficient (Wildman–Crippen LogP) is 1.32. The van der Waals surface area contributed by atoms with Gasteiger partial charge in [0.2, 0.25) is 17.5 Å². The molecule has 0 aliphatic heterocycles. The molecule has 0 fully saturated rings. The highest BCUT2D eigenvalue weighted by Gasteiger charge is 2.27. The minimum atomic E-state index is -0.218. The molecule has 2 N–H and O–H groups in total. The summed E-state index contributed by atoms with van der Waals surface area (Å²) >= 11 is 1.35. The minimum Gasteiger partial charge on any atom is -0.359 e. The van der Waals surface area contributed by atoms with Crippen LogP contribution in [0.4, 0.5) is 0 Å². The number of hydrogen-bond donors (Lipinski definition) is 2. The average Bonchev–Trinajstić information content (AvgIpc) is 2.93. The highest BCUT2D eigenvalue weighted by Crippen LogP contribution is 2.27. The molecular weight excluding hydrogens is 278 g/mol. The number of aromatic nitrogens is 2. The number of carbonyl (C=O) groups excluding carboxylic acids is 3. The van der Waals surface area contributed by atoms with Gasteiger partial charge in [-0.25, -0.2) is 0 Å². The fraction of sp³-hybridized carbons (Fsp3) is 0.385. The van der Waals surface area contributed by atoms with Crippen LogP contribution in [0.25, 0.3) is 0 Å². The zero-order chi connectivity index (χ0) is 14.5. The van der Waals surface area contributed by atoms with Gasteiger partial charge in [-0.3, -0.25) is 19.5 Å². The zero-order valence-electron chi connectivity index (χ0n) is 11.1. The van der Waals surface area contributed by atoms with Crippen molar-refractivity contribution in [3.05, 3.63) is 28.4 Å². The third kappa shape index (κ3) is 3.16. The number of allylic oxidation sites excluding steroid dienone is 2. The molecule has 7 heteroatoms. The molecule has 1 heterocycles. The molecule has 106 valence electrons. The maximum Gasteiger partial charge on any atom is 0.219 e. The third-order valence-electron chi connectivity index (χ3n) is 2.95. The van der Waals surface area contributed by atoms with E-state index in [9.17, 15) is 14.4 Å². The fourth-order valence-electron chi connectivity index (χ4n) is 1.84. The van der Waals surface area contributed by atoms with Crippen LogP contribution >= 0.6 is 11.8 Å². The second kappa shape index (κ2) is 6.51. The summed E-state index contributed by atoms with van der Waals surface area (Å²) < 4.78 is 0. The number of nitrogens with one attached hydrogen (secondary N) is 2. The number of carbonyl (C=O) groups is 3. The molecule has 0 saturated heterocycles. The first-order valence-electron chi connectivity index (χ1n) is 6.31. The van der Waals surface area contributed by atoms with Crippen LogP contribution in [0.15, 0.2) is 17.2 Å². The zero-order valence-corrected chi connectivity index (χ0v) is 11.9. The van der Waals surface area contributed by atoms with Gasteiger partial charge in [-0.2, -0.15) is 5.10 Å². The second-order valence-corrected chi connectivity index (χ2v) is 5.48. The van der Waals surface area contributed by atoms with Crippen molar-refractivity contribution in [3.8, 4) is 0 Å². The fourth-order valence-corrected chi connectivity index (χ4v) is 2.84. The number of ketones is 2. The first kappa shape index (κ1) is 14.5. The Labute approximate surface area is 120 Å². The van der Waals surface area contributed by atoms with E-state index in [-0.39, 0.29) is 23.2 Å². The number of rotatable bonds is 6. The number of unbranched alkanes of at least 4 members (excludes halogenated alkanes) is 1. The van der Waals surface area contributed by atoms with E-state index in [0.717, 1.165) is 12.8 Å². The normalized spacial score (nSPS) is 13.9. The van der Waals surface area contributed by atoms with Crippen molar-refractivity contribution in [3.63, 3.8) is 0 Å². The molecule has 0 aromatic carbocycles. The molecule has 1 amide bonds. The van der Waals surface area contributed by atoms with Gasteiger partial charge in [0.05, 0.1) is 16.7 Å². The van der Waals surface area contributed by atoms with E-state index in [2.05, 4.69) is 15.5 Å². The van der Waals surface area contributed by atoms with Crippen LogP contribution in [0, 0.1) is 0 Å². The molecule has 20 heavy (non-hydrogen) atoms. The lowest BCUT2D eigenvalue weighted by molar-refractivity contribution is -0.120. The summed E-state index contributed by atoms with van der Waals surface area (Å²) in [5.41, 5.74) is 0.601. The van der Waals surface area contributed by atoms with Crippen LogP contribution < -0.4 is 5.32 Å². The molecule has 2 rings (SSSR count). The Morgan fingerprint density at radius 3 is 2.95 bits per heavy atom. The number of aromatic amines is 1. The SMILES string of the molecule is CNC(=O)CCCCSC1=CC(=O)c2[nH]ncc2C1=O. The number of thioether (sulfide) groups is 1. The summed E-state index contributed by atoms with van der Waals surface area (Å²) in [4.78, 5) is 35.3. The molecule has 0 radical (unpaired) electrons.